The average Bonchev–Trinajstić information content (AvgIpc) is 2.79. The van der Waals surface area contributed by atoms with Crippen molar-refractivity contribution in [3.63, 3.8) is 0 Å². The highest BCUT2D eigenvalue weighted by Crippen LogP contribution is 2.27. The first-order chi connectivity index (χ1) is 15.8. The highest BCUT2D eigenvalue weighted by atomic mass is 16.6. The van der Waals surface area contributed by atoms with E-state index < -0.39 is 5.60 Å². The molecule has 0 saturated carbocycles. The molecule has 1 aliphatic rings. The van der Waals surface area contributed by atoms with Gasteiger partial charge in [-0.1, -0.05) is 24.3 Å². The van der Waals surface area contributed by atoms with Gasteiger partial charge in [0.2, 0.25) is 0 Å². The van der Waals surface area contributed by atoms with E-state index in [1.165, 1.54) is 0 Å². The van der Waals surface area contributed by atoms with Gasteiger partial charge in [-0.25, -0.2) is 9.78 Å². The van der Waals surface area contributed by atoms with Crippen molar-refractivity contribution in [2.24, 2.45) is 0 Å². The van der Waals surface area contributed by atoms with Gasteiger partial charge in [0.05, 0.1) is 16.5 Å². The number of para-hydroxylation sites is 2. The van der Waals surface area contributed by atoms with Gasteiger partial charge >= 0.3 is 6.09 Å². The van der Waals surface area contributed by atoms with Crippen LogP contribution >= 0.6 is 0 Å². The van der Waals surface area contributed by atoms with E-state index in [4.69, 9.17) is 9.47 Å². The van der Waals surface area contributed by atoms with Crippen molar-refractivity contribution in [1.82, 2.24) is 19.8 Å². The molecule has 33 heavy (non-hydrogen) atoms. The van der Waals surface area contributed by atoms with Crippen molar-refractivity contribution in [3.05, 3.63) is 58.9 Å². The van der Waals surface area contributed by atoms with E-state index in [9.17, 15) is 9.59 Å². The fraction of sp³-hybridized carbons (Fsp3) is 0.400. The molecule has 3 aromatic rings. The number of nitrogens with one attached hydrogen (secondary N) is 1. The van der Waals surface area contributed by atoms with Crippen LogP contribution in [-0.2, 0) is 4.74 Å². The molecule has 4 rings (SSSR count). The van der Waals surface area contributed by atoms with Crippen LogP contribution in [0.3, 0.4) is 0 Å². The lowest BCUT2D eigenvalue weighted by Crippen LogP contribution is -2.50. The molecular weight excluding hydrogens is 420 g/mol. The summed E-state index contributed by atoms with van der Waals surface area (Å²) in [6.07, 6.45) is -0.260. The number of ether oxygens (including phenoxy) is 2. The Morgan fingerprint density at radius 2 is 1.73 bits per heavy atom. The molecule has 174 valence electrons. The Balaban J connectivity index is 1.36. The van der Waals surface area contributed by atoms with Crippen molar-refractivity contribution in [2.75, 3.05) is 39.3 Å². The summed E-state index contributed by atoms with van der Waals surface area (Å²) in [7, 11) is 0. The molecule has 1 amide bonds. The Morgan fingerprint density at radius 3 is 2.48 bits per heavy atom. The molecule has 1 N–H and O–H groups in total. The third-order valence-electron chi connectivity index (χ3n) is 5.44. The molecule has 0 aliphatic carbocycles. The number of amides is 1. The second-order valence-corrected chi connectivity index (χ2v) is 9.09. The van der Waals surface area contributed by atoms with Gasteiger partial charge in [0.1, 0.15) is 23.8 Å². The smallest absolute Gasteiger partial charge is 0.410 e. The molecule has 2 heterocycles. The normalized spacial score (nSPS) is 14.9. The molecule has 8 nitrogen and oxygen atoms in total. The summed E-state index contributed by atoms with van der Waals surface area (Å²) in [6.45, 7) is 9.65. The predicted molar refractivity (Wildman–Crippen MR) is 128 cm³/mol. The number of H-pyrrole nitrogens is 1. The van der Waals surface area contributed by atoms with Crippen molar-refractivity contribution in [2.45, 2.75) is 26.4 Å². The van der Waals surface area contributed by atoms with Crippen LogP contribution in [0.25, 0.3) is 22.3 Å². The maximum absolute atomic E-state index is 12.5. The van der Waals surface area contributed by atoms with Crippen LogP contribution < -0.4 is 10.3 Å². The highest BCUT2D eigenvalue weighted by molar-refractivity contribution is 5.80. The molecule has 1 fully saturated rings. The zero-order valence-electron chi connectivity index (χ0n) is 19.3. The molecule has 1 saturated heterocycles. The zero-order valence-corrected chi connectivity index (χ0v) is 19.3. The topological polar surface area (TPSA) is 87.8 Å². The van der Waals surface area contributed by atoms with Crippen LogP contribution in [0.15, 0.2) is 53.3 Å². The number of fused-ring (bicyclic) bond motifs is 1. The van der Waals surface area contributed by atoms with Crippen molar-refractivity contribution >= 4 is 17.0 Å². The van der Waals surface area contributed by atoms with Crippen molar-refractivity contribution < 1.29 is 14.3 Å². The third kappa shape index (κ3) is 5.70. The van der Waals surface area contributed by atoms with Crippen LogP contribution in [0.5, 0.6) is 5.75 Å². The number of carbonyl (C=O) groups excluding carboxylic acids is 1. The summed E-state index contributed by atoms with van der Waals surface area (Å²) in [5.41, 5.74) is 0.733. The minimum Gasteiger partial charge on any atom is -0.491 e. The van der Waals surface area contributed by atoms with E-state index in [-0.39, 0.29) is 11.7 Å². The Morgan fingerprint density at radius 1 is 1.03 bits per heavy atom. The minimum absolute atomic E-state index is 0.173. The minimum atomic E-state index is -0.486. The van der Waals surface area contributed by atoms with Crippen LogP contribution in [0.2, 0.25) is 0 Å². The lowest BCUT2D eigenvalue weighted by Gasteiger charge is -2.35. The third-order valence-corrected chi connectivity index (χ3v) is 5.44. The van der Waals surface area contributed by atoms with Gasteiger partial charge in [-0.05, 0) is 45.0 Å². The van der Waals surface area contributed by atoms with Gasteiger partial charge in [-0.2, -0.15) is 0 Å². The lowest BCUT2D eigenvalue weighted by molar-refractivity contribution is 0.0137. The molecule has 0 bridgehead atoms. The van der Waals surface area contributed by atoms with Crippen LogP contribution in [0.1, 0.15) is 20.8 Å². The molecule has 1 aromatic heterocycles. The second-order valence-electron chi connectivity index (χ2n) is 9.09. The van der Waals surface area contributed by atoms with Crippen LogP contribution in [0.4, 0.5) is 4.79 Å². The average molecular weight is 451 g/mol. The lowest BCUT2D eigenvalue weighted by atomic mass is 10.1. The summed E-state index contributed by atoms with van der Waals surface area (Å²) in [4.78, 5) is 36.2. The zero-order chi connectivity index (χ0) is 23.4. The van der Waals surface area contributed by atoms with Gasteiger partial charge in [0.25, 0.3) is 5.56 Å². The summed E-state index contributed by atoms with van der Waals surface area (Å²) in [5, 5.41) is 0.560. The molecule has 1 aliphatic heterocycles. The fourth-order valence-corrected chi connectivity index (χ4v) is 3.77. The SMILES string of the molecule is CC(C)(C)OC(=O)N1CCN(CCOc2ccccc2-c2nc3ccccc3c(=O)[nH]2)CC1. The predicted octanol–water partition coefficient (Wildman–Crippen LogP) is 3.52. The van der Waals surface area contributed by atoms with Crippen molar-refractivity contribution in [3.8, 4) is 17.1 Å². The Hall–Kier alpha value is -3.39. The number of aromatic amines is 1. The number of aromatic nitrogens is 2. The number of benzene rings is 2. The largest absolute Gasteiger partial charge is 0.491 e. The van der Waals surface area contributed by atoms with Crippen LogP contribution in [-0.4, -0.2) is 70.8 Å². The number of hydrogen-bond donors (Lipinski definition) is 1. The van der Waals surface area contributed by atoms with Gasteiger partial charge in [-0.3, -0.25) is 9.69 Å². The number of piperazine rings is 1. The number of nitrogens with zero attached hydrogens (tertiary/aromatic N) is 3. The maximum Gasteiger partial charge on any atom is 0.410 e. The summed E-state index contributed by atoms with van der Waals surface area (Å²) in [5.74, 6) is 1.16. The highest BCUT2D eigenvalue weighted by Gasteiger charge is 2.25. The van der Waals surface area contributed by atoms with E-state index >= 15 is 0 Å². The maximum atomic E-state index is 12.5. The Bertz CT molecular complexity index is 1180. The molecular formula is C25H30N4O4. The molecule has 8 heteroatoms. The molecule has 0 atom stereocenters. The standard InChI is InChI=1S/C25H30N4O4/c1-25(2,3)33-24(31)29-14-12-28(13-15-29)16-17-32-21-11-7-5-9-19(21)22-26-20-10-6-4-8-18(20)23(30)27-22/h4-11H,12-17H2,1-3H3,(H,26,27,30). The van der Waals surface area contributed by atoms with Gasteiger partial charge < -0.3 is 19.4 Å². The summed E-state index contributed by atoms with van der Waals surface area (Å²) < 4.78 is 11.5. The van der Waals surface area contributed by atoms with Crippen molar-refractivity contribution in [1.29, 1.82) is 0 Å². The second kappa shape index (κ2) is 9.62. The van der Waals surface area contributed by atoms with E-state index in [1.807, 2.05) is 63.2 Å². The number of hydrogen-bond acceptors (Lipinski definition) is 6. The first kappa shape index (κ1) is 22.8. The van der Waals surface area contributed by atoms with E-state index in [0.717, 1.165) is 25.2 Å². The first-order valence-electron chi connectivity index (χ1n) is 11.2. The van der Waals surface area contributed by atoms with Crippen LogP contribution in [0, 0.1) is 0 Å². The fourth-order valence-electron chi connectivity index (χ4n) is 3.77. The Kier molecular flexibility index (Phi) is 6.65. The van der Waals surface area contributed by atoms with E-state index in [1.54, 1.807) is 11.0 Å². The van der Waals surface area contributed by atoms with Gasteiger partial charge in [0.15, 0.2) is 0 Å². The van der Waals surface area contributed by atoms with Gasteiger partial charge in [-0.15, -0.1) is 0 Å². The van der Waals surface area contributed by atoms with E-state index in [0.29, 0.717) is 42.2 Å². The molecule has 2 aromatic carbocycles. The Labute approximate surface area is 193 Å². The summed E-state index contributed by atoms with van der Waals surface area (Å²) in [6, 6.07) is 14.8. The summed E-state index contributed by atoms with van der Waals surface area (Å²) >= 11 is 0. The monoisotopic (exact) mass is 450 g/mol. The van der Waals surface area contributed by atoms with E-state index in [2.05, 4.69) is 14.9 Å². The quantitative estimate of drug-likeness (QED) is 0.640. The first-order valence-corrected chi connectivity index (χ1v) is 11.2. The molecule has 0 unspecified atom stereocenters. The molecule has 0 radical (unpaired) electrons. The van der Waals surface area contributed by atoms with Gasteiger partial charge in [0, 0.05) is 32.7 Å². The molecule has 0 spiro atoms. The number of carbonyl (C=O) groups is 1. The number of rotatable bonds is 5.